The van der Waals surface area contributed by atoms with Crippen molar-refractivity contribution in [2.45, 2.75) is 57.6 Å². The minimum absolute atomic E-state index is 0.00564. The van der Waals surface area contributed by atoms with Crippen LogP contribution in [0.2, 0.25) is 5.02 Å². The number of anilines is 1. The molecule has 1 N–H and O–H groups in total. The molecule has 0 aliphatic heterocycles. The van der Waals surface area contributed by atoms with Gasteiger partial charge in [0.15, 0.2) is 0 Å². The molecule has 3 aromatic rings. The predicted octanol–water partition coefficient (Wildman–Crippen LogP) is 5.18. The summed E-state index contributed by atoms with van der Waals surface area (Å²) in [6, 6.07) is 21.2. The van der Waals surface area contributed by atoms with Gasteiger partial charge >= 0.3 is 0 Å². The van der Waals surface area contributed by atoms with Gasteiger partial charge in [0, 0.05) is 17.1 Å². The lowest BCUT2D eigenvalue weighted by molar-refractivity contribution is -0.140. The lowest BCUT2D eigenvalue weighted by atomic mass is 10.1. The Morgan fingerprint density at radius 2 is 1.50 bits per heavy atom. The van der Waals surface area contributed by atoms with Gasteiger partial charge in [-0.1, -0.05) is 60.1 Å². The molecule has 2 amide bonds. The SMILES string of the molecule is Cc1ccccc1N(CC(=O)N(Cc1ccccc1)[C@@H](C)C(=O)NC(C)(C)C)S(=O)(=O)c1ccc(Cl)cc1. The maximum Gasteiger partial charge on any atom is 0.264 e. The number of carbonyl (C=O) groups excluding carboxylic acids is 2. The number of sulfonamides is 1. The molecule has 0 aliphatic carbocycles. The number of hydrogen-bond donors (Lipinski definition) is 1. The van der Waals surface area contributed by atoms with Gasteiger partial charge in [0.05, 0.1) is 10.6 Å². The van der Waals surface area contributed by atoms with Gasteiger partial charge in [0.2, 0.25) is 11.8 Å². The van der Waals surface area contributed by atoms with E-state index in [1.54, 1.807) is 38.1 Å². The molecule has 0 radical (unpaired) electrons. The van der Waals surface area contributed by atoms with Gasteiger partial charge in [0.25, 0.3) is 10.0 Å². The number of nitrogens with zero attached hydrogens (tertiary/aromatic N) is 2. The van der Waals surface area contributed by atoms with E-state index in [0.29, 0.717) is 16.3 Å². The number of amides is 2. The number of aryl methyl sites for hydroxylation is 1. The first kappa shape index (κ1) is 29.2. The molecule has 0 aromatic heterocycles. The fourth-order valence-electron chi connectivity index (χ4n) is 3.93. The van der Waals surface area contributed by atoms with Crippen LogP contribution in [0.15, 0.2) is 83.8 Å². The second-order valence-electron chi connectivity index (χ2n) is 10.2. The highest BCUT2D eigenvalue weighted by atomic mass is 35.5. The highest BCUT2D eigenvalue weighted by Crippen LogP contribution is 2.28. The van der Waals surface area contributed by atoms with E-state index in [0.717, 1.165) is 9.87 Å². The van der Waals surface area contributed by atoms with Crippen LogP contribution in [0.25, 0.3) is 0 Å². The molecule has 7 nitrogen and oxygen atoms in total. The van der Waals surface area contributed by atoms with E-state index in [4.69, 9.17) is 11.6 Å². The molecule has 9 heteroatoms. The van der Waals surface area contributed by atoms with Gasteiger partial charge < -0.3 is 10.2 Å². The first-order valence-corrected chi connectivity index (χ1v) is 14.1. The summed E-state index contributed by atoms with van der Waals surface area (Å²) in [5.41, 5.74) is 1.38. The quantitative estimate of drug-likeness (QED) is 0.394. The standard InChI is InChI=1S/C29H34ClN3O4S/c1-21-11-9-10-14-26(21)33(38(36,37)25-17-15-24(30)16-18-25)20-27(34)32(19-23-12-7-6-8-13-23)22(2)28(35)31-29(3,4)5/h6-18,22H,19-20H2,1-5H3,(H,31,35)/t22-/m0/s1. The molecular formula is C29H34ClN3O4S. The third-order valence-corrected chi connectivity index (χ3v) is 7.95. The predicted molar refractivity (Wildman–Crippen MR) is 152 cm³/mol. The summed E-state index contributed by atoms with van der Waals surface area (Å²) in [4.78, 5) is 28.4. The number of nitrogens with one attached hydrogen (secondary N) is 1. The van der Waals surface area contributed by atoms with Gasteiger partial charge in [-0.2, -0.15) is 0 Å². The number of hydrogen-bond acceptors (Lipinski definition) is 4. The highest BCUT2D eigenvalue weighted by Gasteiger charge is 2.33. The van der Waals surface area contributed by atoms with Crippen molar-refractivity contribution in [2.75, 3.05) is 10.8 Å². The molecular weight excluding hydrogens is 522 g/mol. The molecule has 1 atom stereocenters. The molecule has 0 aliphatic rings. The molecule has 0 fully saturated rings. The van der Waals surface area contributed by atoms with E-state index in [1.165, 1.54) is 29.2 Å². The van der Waals surface area contributed by atoms with Crippen molar-refractivity contribution in [3.63, 3.8) is 0 Å². The van der Waals surface area contributed by atoms with Crippen LogP contribution < -0.4 is 9.62 Å². The Bertz CT molecular complexity index is 1370. The van der Waals surface area contributed by atoms with Crippen molar-refractivity contribution in [1.29, 1.82) is 0 Å². The first-order chi connectivity index (χ1) is 17.8. The highest BCUT2D eigenvalue weighted by molar-refractivity contribution is 7.92. The Morgan fingerprint density at radius 1 is 0.921 bits per heavy atom. The molecule has 38 heavy (non-hydrogen) atoms. The van der Waals surface area contributed by atoms with Crippen LogP contribution in [0.5, 0.6) is 0 Å². The molecule has 0 saturated heterocycles. The molecule has 3 rings (SSSR count). The molecule has 0 saturated carbocycles. The Kier molecular flexibility index (Phi) is 9.22. The third-order valence-electron chi connectivity index (χ3n) is 5.93. The van der Waals surface area contributed by atoms with Crippen molar-refractivity contribution in [2.24, 2.45) is 0 Å². The van der Waals surface area contributed by atoms with Crippen LogP contribution in [0.1, 0.15) is 38.8 Å². The zero-order chi connectivity index (χ0) is 28.1. The van der Waals surface area contributed by atoms with E-state index < -0.39 is 34.1 Å². The van der Waals surface area contributed by atoms with Crippen LogP contribution >= 0.6 is 11.6 Å². The van der Waals surface area contributed by atoms with Gasteiger partial charge in [-0.25, -0.2) is 8.42 Å². The average Bonchev–Trinajstić information content (AvgIpc) is 2.85. The smallest absolute Gasteiger partial charge is 0.264 e. The van der Waals surface area contributed by atoms with Gasteiger partial charge in [-0.3, -0.25) is 13.9 Å². The Morgan fingerprint density at radius 3 is 2.08 bits per heavy atom. The lowest BCUT2D eigenvalue weighted by Gasteiger charge is -2.33. The summed E-state index contributed by atoms with van der Waals surface area (Å²) in [5.74, 6) is -0.837. The second kappa shape index (κ2) is 12.0. The van der Waals surface area contributed by atoms with E-state index in [-0.39, 0.29) is 17.3 Å². The minimum atomic E-state index is -4.14. The van der Waals surface area contributed by atoms with Gasteiger partial charge in [-0.15, -0.1) is 0 Å². The number of benzene rings is 3. The summed E-state index contributed by atoms with van der Waals surface area (Å²) < 4.78 is 28.8. The van der Waals surface area contributed by atoms with Crippen LogP contribution in [0.4, 0.5) is 5.69 Å². The lowest BCUT2D eigenvalue weighted by Crippen LogP contribution is -2.54. The number of para-hydroxylation sites is 1. The Hall–Kier alpha value is -3.36. The summed E-state index contributed by atoms with van der Waals surface area (Å²) in [7, 11) is -4.14. The monoisotopic (exact) mass is 555 g/mol. The van der Waals surface area contributed by atoms with Gasteiger partial charge in [-0.05, 0) is 76.1 Å². The van der Waals surface area contributed by atoms with E-state index in [2.05, 4.69) is 5.32 Å². The van der Waals surface area contributed by atoms with Crippen molar-refractivity contribution >= 4 is 39.1 Å². The third kappa shape index (κ3) is 7.36. The summed E-state index contributed by atoms with van der Waals surface area (Å²) >= 11 is 5.99. The van der Waals surface area contributed by atoms with E-state index in [9.17, 15) is 18.0 Å². The largest absolute Gasteiger partial charge is 0.350 e. The average molecular weight is 556 g/mol. The topological polar surface area (TPSA) is 86.8 Å². The Balaban J connectivity index is 2.04. The zero-order valence-corrected chi connectivity index (χ0v) is 23.9. The molecule has 0 unspecified atom stereocenters. The van der Waals surface area contributed by atoms with Crippen molar-refractivity contribution < 1.29 is 18.0 Å². The number of carbonyl (C=O) groups is 2. The van der Waals surface area contributed by atoms with Crippen LogP contribution in [-0.2, 0) is 26.2 Å². The van der Waals surface area contributed by atoms with Crippen molar-refractivity contribution in [1.82, 2.24) is 10.2 Å². The second-order valence-corrected chi connectivity index (χ2v) is 12.5. The molecule has 3 aromatic carbocycles. The molecule has 202 valence electrons. The van der Waals surface area contributed by atoms with Crippen LogP contribution in [-0.4, -0.2) is 43.3 Å². The van der Waals surface area contributed by atoms with Crippen LogP contribution in [0.3, 0.4) is 0 Å². The summed E-state index contributed by atoms with van der Waals surface area (Å²) in [6.45, 7) is 8.66. The van der Waals surface area contributed by atoms with E-state index >= 15 is 0 Å². The van der Waals surface area contributed by atoms with Crippen molar-refractivity contribution in [3.8, 4) is 0 Å². The Labute approximate surface area is 230 Å². The van der Waals surface area contributed by atoms with Crippen molar-refractivity contribution in [3.05, 3.63) is 95.0 Å². The maximum atomic E-state index is 13.9. The number of halogens is 1. The number of rotatable bonds is 9. The normalized spacial score (nSPS) is 12.5. The fraction of sp³-hybridized carbons (Fsp3) is 0.310. The van der Waals surface area contributed by atoms with E-state index in [1.807, 2.05) is 51.1 Å². The molecule has 0 bridgehead atoms. The fourth-order valence-corrected chi connectivity index (χ4v) is 5.53. The first-order valence-electron chi connectivity index (χ1n) is 12.3. The summed E-state index contributed by atoms with van der Waals surface area (Å²) in [5, 5.41) is 3.32. The van der Waals surface area contributed by atoms with Gasteiger partial charge in [0.1, 0.15) is 12.6 Å². The summed E-state index contributed by atoms with van der Waals surface area (Å²) in [6.07, 6.45) is 0. The minimum Gasteiger partial charge on any atom is -0.350 e. The molecule has 0 spiro atoms. The van der Waals surface area contributed by atoms with Crippen LogP contribution in [0, 0.1) is 6.92 Å². The maximum absolute atomic E-state index is 13.9. The molecule has 0 heterocycles. The zero-order valence-electron chi connectivity index (χ0n) is 22.3.